The van der Waals surface area contributed by atoms with Gasteiger partial charge in [-0.15, -0.1) is 0 Å². The predicted molar refractivity (Wildman–Crippen MR) is 76.8 cm³/mol. The van der Waals surface area contributed by atoms with Crippen molar-refractivity contribution in [2.45, 2.75) is 38.1 Å². The Bertz CT molecular complexity index is 505. The van der Waals surface area contributed by atoms with E-state index in [1.54, 1.807) is 0 Å². The number of carbonyl (C=O) groups excluding carboxylic acids is 1. The fourth-order valence-electron chi connectivity index (χ4n) is 2.95. The van der Waals surface area contributed by atoms with Gasteiger partial charge in [-0.05, 0) is 25.7 Å². The Balaban J connectivity index is 1.87. The maximum Gasteiger partial charge on any atom is 0.317 e. The quantitative estimate of drug-likeness (QED) is 0.770. The number of carboxylic acid groups (broad SMARTS) is 1. The molecule has 2 aliphatic rings. The molecule has 1 aliphatic heterocycles. The minimum atomic E-state index is -3.04. The number of hydrogen-bond acceptors (Lipinski definition) is 4. The fourth-order valence-corrected chi connectivity index (χ4v) is 4.22. The van der Waals surface area contributed by atoms with E-state index in [2.05, 4.69) is 5.32 Å². The zero-order valence-corrected chi connectivity index (χ0v) is 12.8. The number of sulfone groups is 1. The molecule has 0 bridgehead atoms. The van der Waals surface area contributed by atoms with Crippen LogP contribution in [-0.2, 0) is 14.6 Å². The van der Waals surface area contributed by atoms with Crippen molar-refractivity contribution in [1.82, 2.24) is 10.2 Å². The number of amides is 2. The van der Waals surface area contributed by atoms with E-state index in [9.17, 15) is 18.0 Å². The molecule has 21 heavy (non-hydrogen) atoms. The van der Waals surface area contributed by atoms with Gasteiger partial charge in [-0.2, -0.15) is 0 Å². The molecule has 2 fully saturated rings. The average molecular weight is 318 g/mol. The van der Waals surface area contributed by atoms with Crippen molar-refractivity contribution in [3.8, 4) is 0 Å². The standard InChI is InChI=1S/C13H22N2O5S/c16-12(17)10-3-1-4-11(9-10)14-13(18)15-5-2-7-21(19,20)8-6-15/h10-11H,1-9H2,(H,14,18)(H,16,17). The highest BCUT2D eigenvalue weighted by atomic mass is 32.2. The third kappa shape index (κ3) is 4.59. The molecule has 1 heterocycles. The van der Waals surface area contributed by atoms with Crippen molar-refractivity contribution in [1.29, 1.82) is 0 Å². The molecule has 2 amide bonds. The highest BCUT2D eigenvalue weighted by molar-refractivity contribution is 7.91. The SMILES string of the molecule is O=C(O)C1CCCC(NC(=O)N2CCCS(=O)(=O)CC2)C1. The van der Waals surface area contributed by atoms with E-state index >= 15 is 0 Å². The van der Waals surface area contributed by atoms with Gasteiger partial charge < -0.3 is 15.3 Å². The van der Waals surface area contributed by atoms with Gasteiger partial charge in [0.15, 0.2) is 9.84 Å². The lowest BCUT2D eigenvalue weighted by Gasteiger charge is -2.30. The average Bonchev–Trinajstić information content (AvgIpc) is 2.60. The van der Waals surface area contributed by atoms with Gasteiger partial charge in [0, 0.05) is 19.1 Å². The summed E-state index contributed by atoms with van der Waals surface area (Å²) in [5.41, 5.74) is 0. The molecule has 0 aromatic rings. The van der Waals surface area contributed by atoms with Crippen LogP contribution in [-0.4, -0.2) is 61.1 Å². The number of rotatable bonds is 2. The second-order valence-electron chi connectivity index (χ2n) is 5.84. The molecular formula is C13H22N2O5S. The molecular weight excluding hydrogens is 296 g/mol. The van der Waals surface area contributed by atoms with Gasteiger partial charge in [-0.25, -0.2) is 13.2 Å². The van der Waals surface area contributed by atoms with Gasteiger partial charge in [0.05, 0.1) is 17.4 Å². The zero-order valence-electron chi connectivity index (χ0n) is 12.0. The molecule has 2 N–H and O–H groups in total. The van der Waals surface area contributed by atoms with Crippen LogP contribution in [0.15, 0.2) is 0 Å². The van der Waals surface area contributed by atoms with Crippen LogP contribution in [0.1, 0.15) is 32.1 Å². The van der Waals surface area contributed by atoms with E-state index < -0.39 is 21.7 Å². The van der Waals surface area contributed by atoms with Gasteiger partial charge in [-0.3, -0.25) is 4.79 Å². The Morgan fingerprint density at radius 1 is 1.10 bits per heavy atom. The molecule has 0 aromatic heterocycles. The van der Waals surface area contributed by atoms with Crippen molar-refractivity contribution in [2.75, 3.05) is 24.6 Å². The van der Waals surface area contributed by atoms with Gasteiger partial charge in [0.1, 0.15) is 0 Å². The van der Waals surface area contributed by atoms with Crippen LogP contribution in [0.3, 0.4) is 0 Å². The minimum absolute atomic E-state index is 0.00282. The monoisotopic (exact) mass is 318 g/mol. The summed E-state index contributed by atoms with van der Waals surface area (Å²) in [6.45, 7) is 0.642. The summed E-state index contributed by atoms with van der Waals surface area (Å²) in [5.74, 6) is -1.08. The number of carboxylic acids is 1. The normalized spacial score (nSPS) is 29.4. The van der Waals surface area contributed by atoms with Crippen molar-refractivity contribution in [3.05, 3.63) is 0 Å². The molecule has 1 saturated carbocycles. The topological polar surface area (TPSA) is 104 Å². The highest BCUT2D eigenvalue weighted by Crippen LogP contribution is 2.24. The lowest BCUT2D eigenvalue weighted by molar-refractivity contribution is -0.143. The lowest BCUT2D eigenvalue weighted by atomic mass is 9.86. The molecule has 2 unspecified atom stereocenters. The minimum Gasteiger partial charge on any atom is -0.481 e. The number of nitrogens with zero attached hydrogens (tertiary/aromatic N) is 1. The first-order chi connectivity index (χ1) is 9.87. The van der Waals surface area contributed by atoms with E-state index in [4.69, 9.17) is 5.11 Å². The van der Waals surface area contributed by atoms with Crippen LogP contribution in [0.2, 0.25) is 0 Å². The van der Waals surface area contributed by atoms with E-state index in [-0.39, 0.29) is 30.1 Å². The van der Waals surface area contributed by atoms with E-state index in [1.807, 2.05) is 0 Å². The van der Waals surface area contributed by atoms with Crippen LogP contribution in [0, 0.1) is 5.92 Å². The highest BCUT2D eigenvalue weighted by Gasteiger charge is 2.29. The van der Waals surface area contributed by atoms with Crippen molar-refractivity contribution in [2.24, 2.45) is 5.92 Å². The van der Waals surface area contributed by atoms with E-state index in [0.717, 1.165) is 12.8 Å². The summed E-state index contributed by atoms with van der Waals surface area (Å²) in [6.07, 6.45) is 3.13. The summed E-state index contributed by atoms with van der Waals surface area (Å²) in [5, 5.41) is 11.9. The summed E-state index contributed by atoms with van der Waals surface area (Å²) in [6, 6.07) is -0.407. The number of carbonyl (C=O) groups is 2. The molecule has 1 saturated heterocycles. The maximum atomic E-state index is 12.2. The van der Waals surface area contributed by atoms with E-state index in [0.29, 0.717) is 25.8 Å². The second-order valence-corrected chi connectivity index (χ2v) is 8.14. The Morgan fingerprint density at radius 2 is 1.86 bits per heavy atom. The Kier molecular flexibility index (Phi) is 5.08. The van der Waals surface area contributed by atoms with Gasteiger partial charge in [0.2, 0.25) is 0 Å². The van der Waals surface area contributed by atoms with E-state index in [1.165, 1.54) is 4.90 Å². The number of urea groups is 1. The molecule has 0 aromatic carbocycles. The summed E-state index contributed by atoms with van der Waals surface area (Å²) in [4.78, 5) is 24.7. The fraction of sp³-hybridized carbons (Fsp3) is 0.846. The Hall–Kier alpha value is -1.31. The third-order valence-corrected chi connectivity index (χ3v) is 5.91. The second kappa shape index (κ2) is 6.64. The number of nitrogens with one attached hydrogen (secondary N) is 1. The van der Waals surface area contributed by atoms with Crippen LogP contribution in [0.5, 0.6) is 0 Å². The summed E-state index contributed by atoms with van der Waals surface area (Å²) >= 11 is 0. The van der Waals surface area contributed by atoms with Crippen LogP contribution < -0.4 is 5.32 Å². The first-order valence-corrected chi connectivity index (χ1v) is 9.18. The molecule has 2 atom stereocenters. The largest absolute Gasteiger partial charge is 0.481 e. The summed E-state index contributed by atoms with van der Waals surface area (Å²) < 4.78 is 23.0. The molecule has 0 spiro atoms. The predicted octanol–water partition coefficient (Wildman–Crippen LogP) is 0.460. The van der Waals surface area contributed by atoms with Crippen LogP contribution in [0.4, 0.5) is 4.79 Å². The lowest BCUT2D eigenvalue weighted by Crippen LogP contribution is -2.47. The van der Waals surface area contributed by atoms with Gasteiger partial charge in [-0.1, -0.05) is 6.42 Å². The maximum absolute atomic E-state index is 12.2. The molecule has 8 heteroatoms. The number of aliphatic carboxylic acids is 1. The molecule has 0 radical (unpaired) electrons. The van der Waals surface area contributed by atoms with Gasteiger partial charge in [0.25, 0.3) is 0 Å². The Labute approximate surface area is 124 Å². The molecule has 1 aliphatic carbocycles. The summed E-state index contributed by atoms with van der Waals surface area (Å²) in [7, 11) is -3.04. The molecule has 120 valence electrons. The zero-order chi connectivity index (χ0) is 15.5. The molecule has 7 nitrogen and oxygen atoms in total. The van der Waals surface area contributed by atoms with Crippen molar-refractivity contribution < 1.29 is 23.1 Å². The van der Waals surface area contributed by atoms with Crippen molar-refractivity contribution >= 4 is 21.8 Å². The van der Waals surface area contributed by atoms with Gasteiger partial charge >= 0.3 is 12.0 Å². The Morgan fingerprint density at radius 3 is 2.57 bits per heavy atom. The van der Waals surface area contributed by atoms with Crippen LogP contribution in [0.25, 0.3) is 0 Å². The third-order valence-electron chi connectivity index (χ3n) is 4.19. The van der Waals surface area contributed by atoms with Crippen LogP contribution >= 0.6 is 0 Å². The smallest absolute Gasteiger partial charge is 0.317 e. The molecule has 2 rings (SSSR count). The van der Waals surface area contributed by atoms with Crippen molar-refractivity contribution in [3.63, 3.8) is 0 Å². The number of hydrogen-bond donors (Lipinski definition) is 2. The first-order valence-electron chi connectivity index (χ1n) is 7.36. The first kappa shape index (κ1) is 16.1.